The third-order valence-corrected chi connectivity index (χ3v) is 4.50. The molecule has 4 rings (SSSR count). The molecule has 136 valence electrons. The zero-order chi connectivity index (χ0) is 18.8. The van der Waals surface area contributed by atoms with E-state index in [2.05, 4.69) is 16.1 Å². The summed E-state index contributed by atoms with van der Waals surface area (Å²) in [6.07, 6.45) is 4.56. The van der Waals surface area contributed by atoms with E-state index in [1.807, 2.05) is 12.1 Å². The maximum atomic E-state index is 8.47. The molecule has 0 radical (unpaired) electrons. The number of pyridine rings is 1. The number of hydrogen-bond acceptors (Lipinski definition) is 6. The standard InChI is InChI=1S/C20H19N5O2/c1-26-18-12-23-8-6-15(18)16-3-5-19(21)25(24-16)20(22)11-13-2-4-17-14(10-13)7-9-27-17/h2-6,8,10,12,21-22H,7,9,11H2,1H3. The topological polar surface area (TPSA) is 96.9 Å². The Balaban J connectivity index is 1.65. The molecule has 0 aliphatic carbocycles. The Labute approximate surface area is 156 Å². The molecule has 7 heteroatoms. The van der Waals surface area contributed by atoms with Crippen LogP contribution in [-0.2, 0) is 12.8 Å². The van der Waals surface area contributed by atoms with Gasteiger partial charge in [0.1, 0.15) is 22.8 Å². The highest BCUT2D eigenvalue weighted by atomic mass is 16.5. The maximum Gasteiger partial charge on any atom is 0.148 e. The molecule has 2 N–H and O–H groups in total. The molecule has 3 heterocycles. The second-order valence-corrected chi connectivity index (χ2v) is 6.26. The highest BCUT2D eigenvalue weighted by molar-refractivity contribution is 5.83. The Morgan fingerprint density at radius 2 is 2.15 bits per heavy atom. The number of rotatable bonds is 4. The number of nitrogens with one attached hydrogen (secondary N) is 2. The van der Waals surface area contributed by atoms with Gasteiger partial charge in [0.15, 0.2) is 0 Å². The van der Waals surface area contributed by atoms with Crippen LogP contribution >= 0.6 is 0 Å². The fourth-order valence-corrected chi connectivity index (χ4v) is 3.15. The molecule has 0 saturated heterocycles. The summed E-state index contributed by atoms with van der Waals surface area (Å²) in [6.45, 7) is 0.708. The van der Waals surface area contributed by atoms with E-state index >= 15 is 0 Å². The van der Waals surface area contributed by atoms with E-state index in [0.29, 0.717) is 24.5 Å². The Hall–Kier alpha value is -3.48. The van der Waals surface area contributed by atoms with Crippen LogP contribution in [0.3, 0.4) is 0 Å². The molecular weight excluding hydrogens is 342 g/mol. The molecule has 0 saturated carbocycles. The van der Waals surface area contributed by atoms with E-state index in [1.165, 1.54) is 10.2 Å². The quantitative estimate of drug-likeness (QED) is 0.551. The molecule has 7 nitrogen and oxygen atoms in total. The number of fused-ring (bicyclic) bond motifs is 1. The summed E-state index contributed by atoms with van der Waals surface area (Å²) in [7, 11) is 1.58. The van der Waals surface area contributed by atoms with Gasteiger partial charge in [-0.2, -0.15) is 5.10 Å². The molecule has 0 atom stereocenters. The van der Waals surface area contributed by atoms with Crippen LogP contribution in [0.15, 0.2) is 48.8 Å². The third-order valence-electron chi connectivity index (χ3n) is 4.50. The normalized spacial score (nSPS) is 12.3. The molecule has 3 aromatic rings. The summed E-state index contributed by atoms with van der Waals surface area (Å²) in [6, 6.07) is 11.2. The minimum absolute atomic E-state index is 0.154. The summed E-state index contributed by atoms with van der Waals surface area (Å²) in [5, 5.41) is 21.1. The largest absolute Gasteiger partial charge is 0.494 e. The second kappa shape index (κ2) is 7.03. The van der Waals surface area contributed by atoms with Gasteiger partial charge in [0.05, 0.1) is 25.6 Å². The third kappa shape index (κ3) is 3.31. The molecule has 0 amide bonds. The van der Waals surface area contributed by atoms with E-state index in [0.717, 1.165) is 23.3 Å². The van der Waals surface area contributed by atoms with Crippen LogP contribution in [0.2, 0.25) is 0 Å². The first-order valence-electron chi connectivity index (χ1n) is 8.61. The molecule has 1 aliphatic rings. The molecule has 0 unspecified atom stereocenters. The minimum Gasteiger partial charge on any atom is -0.494 e. The predicted octanol–water partition coefficient (Wildman–Crippen LogP) is 2.44. The maximum absolute atomic E-state index is 8.47. The van der Waals surface area contributed by atoms with Gasteiger partial charge in [0.25, 0.3) is 0 Å². The highest BCUT2D eigenvalue weighted by Crippen LogP contribution is 2.27. The number of nitrogens with zero attached hydrogens (tertiary/aromatic N) is 3. The van der Waals surface area contributed by atoms with Crippen molar-refractivity contribution in [2.24, 2.45) is 0 Å². The van der Waals surface area contributed by atoms with Crippen LogP contribution in [-0.4, -0.2) is 34.3 Å². The van der Waals surface area contributed by atoms with E-state index in [4.69, 9.17) is 20.3 Å². The molecule has 0 spiro atoms. The molecule has 1 aromatic carbocycles. The number of methoxy groups -OCH3 is 1. The van der Waals surface area contributed by atoms with Gasteiger partial charge in [0, 0.05) is 24.6 Å². The van der Waals surface area contributed by atoms with Gasteiger partial charge in [0.2, 0.25) is 0 Å². The smallest absolute Gasteiger partial charge is 0.148 e. The van der Waals surface area contributed by atoms with Gasteiger partial charge >= 0.3 is 0 Å². The van der Waals surface area contributed by atoms with E-state index in [-0.39, 0.29) is 11.3 Å². The number of ether oxygens (including phenoxy) is 2. The zero-order valence-electron chi connectivity index (χ0n) is 14.9. The van der Waals surface area contributed by atoms with Gasteiger partial charge in [-0.05, 0) is 35.4 Å². The van der Waals surface area contributed by atoms with Gasteiger partial charge in [-0.1, -0.05) is 12.1 Å². The van der Waals surface area contributed by atoms with Crippen LogP contribution in [0.4, 0.5) is 0 Å². The average Bonchev–Trinajstić information content (AvgIpc) is 3.16. The lowest BCUT2D eigenvalue weighted by Gasteiger charge is -2.12. The van der Waals surface area contributed by atoms with Crippen molar-refractivity contribution >= 4 is 5.84 Å². The van der Waals surface area contributed by atoms with E-state index in [9.17, 15) is 0 Å². The zero-order valence-corrected chi connectivity index (χ0v) is 14.9. The Morgan fingerprint density at radius 3 is 3.00 bits per heavy atom. The van der Waals surface area contributed by atoms with Crippen LogP contribution in [0.25, 0.3) is 11.3 Å². The monoisotopic (exact) mass is 361 g/mol. The van der Waals surface area contributed by atoms with Crippen LogP contribution in [0.1, 0.15) is 11.1 Å². The van der Waals surface area contributed by atoms with Crippen LogP contribution in [0.5, 0.6) is 11.5 Å². The lowest BCUT2D eigenvalue weighted by atomic mass is 10.1. The summed E-state index contributed by atoms with van der Waals surface area (Å²) >= 11 is 0. The van der Waals surface area contributed by atoms with Crippen molar-refractivity contribution in [3.63, 3.8) is 0 Å². The molecular formula is C20H19N5O2. The fourth-order valence-electron chi connectivity index (χ4n) is 3.15. The minimum atomic E-state index is 0.154. The predicted molar refractivity (Wildman–Crippen MR) is 100 cm³/mol. The molecule has 2 aromatic heterocycles. The second-order valence-electron chi connectivity index (χ2n) is 6.26. The summed E-state index contributed by atoms with van der Waals surface area (Å²) in [4.78, 5) is 4.05. The van der Waals surface area contributed by atoms with Crippen molar-refractivity contribution in [2.75, 3.05) is 13.7 Å². The van der Waals surface area contributed by atoms with Crippen molar-refractivity contribution < 1.29 is 9.47 Å². The van der Waals surface area contributed by atoms with Crippen molar-refractivity contribution in [1.82, 2.24) is 14.8 Å². The van der Waals surface area contributed by atoms with Crippen molar-refractivity contribution in [2.45, 2.75) is 12.8 Å². The van der Waals surface area contributed by atoms with Gasteiger partial charge < -0.3 is 9.47 Å². The lowest BCUT2D eigenvalue weighted by molar-refractivity contribution is 0.357. The SMILES string of the molecule is COc1cnccc1-c1ccc(=N)n(C(=N)Cc2ccc3c(c2)CCO3)n1. The van der Waals surface area contributed by atoms with E-state index < -0.39 is 0 Å². The first kappa shape index (κ1) is 17.0. The van der Waals surface area contributed by atoms with Gasteiger partial charge in [-0.25, -0.2) is 4.68 Å². The first-order valence-corrected chi connectivity index (χ1v) is 8.61. The Morgan fingerprint density at radius 1 is 1.26 bits per heavy atom. The fraction of sp³-hybridized carbons (Fsp3) is 0.200. The van der Waals surface area contributed by atoms with Crippen molar-refractivity contribution in [1.29, 1.82) is 10.8 Å². The molecule has 1 aliphatic heterocycles. The average molecular weight is 361 g/mol. The Bertz CT molecular complexity index is 1070. The van der Waals surface area contributed by atoms with Gasteiger partial charge in [-0.15, -0.1) is 0 Å². The van der Waals surface area contributed by atoms with Crippen molar-refractivity contribution in [3.05, 3.63) is 65.4 Å². The first-order chi connectivity index (χ1) is 13.2. The van der Waals surface area contributed by atoms with Crippen LogP contribution < -0.4 is 15.0 Å². The molecule has 0 fully saturated rings. The van der Waals surface area contributed by atoms with Crippen molar-refractivity contribution in [3.8, 4) is 22.8 Å². The van der Waals surface area contributed by atoms with Crippen LogP contribution in [0, 0.1) is 10.8 Å². The number of hydrogen-bond donors (Lipinski definition) is 2. The molecule has 27 heavy (non-hydrogen) atoms. The van der Waals surface area contributed by atoms with Gasteiger partial charge in [-0.3, -0.25) is 15.8 Å². The number of aromatic nitrogens is 3. The highest BCUT2D eigenvalue weighted by Gasteiger charge is 2.14. The number of benzene rings is 1. The Kier molecular flexibility index (Phi) is 4.42. The van der Waals surface area contributed by atoms with E-state index in [1.54, 1.807) is 37.7 Å². The summed E-state index contributed by atoms with van der Waals surface area (Å²) in [5.74, 6) is 1.75. The summed E-state index contributed by atoms with van der Waals surface area (Å²) in [5.41, 5.74) is 3.71. The molecule has 0 bridgehead atoms. The summed E-state index contributed by atoms with van der Waals surface area (Å²) < 4.78 is 12.2. The lowest BCUT2D eigenvalue weighted by Crippen LogP contribution is -2.30.